The molecule has 4 bridgehead atoms. The molecule has 27 heavy (non-hydrogen) atoms. The summed E-state index contributed by atoms with van der Waals surface area (Å²) < 4.78 is 16.0. The maximum absolute atomic E-state index is 13.2. The molecule has 5 heteroatoms. The highest BCUT2D eigenvalue weighted by molar-refractivity contribution is 5.83. The van der Waals surface area contributed by atoms with E-state index in [1.165, 1.54) is 12.0 Å². The second-order valence-electron chi connectivity index (χ2n) is 9.10. The Kier molecular flexibility index (Phi) is 3.78. The lowest BCUT2D eigenvalue weighted by atomic mass is 9.43. The Labute approximate surface area is 159 Å². The maximum Gasteiger partial charge on any atom is 0.347 e. The van der Waals surface area contributed by atoms with Crippen LogP contribution in [0.2, 0.25) is 0 Å². The zero-order chi connectivity index (χ0) is 18.6. The predicted octanol–water partition coefficient (Wildman–Crippen LogP) is 3.39. The molecule has 4 aliphatic carbocycles. The van der Waals surface area contributed by atoms with Gasteiger partial charge in [-0.25, -0.2) is 4.79 Å². The summed E-state index contributed by atoms with van der Waals surface area (Å²) in [6.45, 7) is 0.352. The molecular weight excluding hydrogens is 344 g/mol. The summed E-state index contributed by atoms with van der Waals surface area (Å²) in [5.74, 6) is 1.43. The van der Waals surface area contributed by atoms with Crippen LogP contribution in [0.3, 0.4) is 0 Å². The summed E-state index contributed by atoms with van der Waals surface area (Å²) >= 11 is 0. The molecule has 4 saturated carbocycles. The lowest BCUT2D eigenvalue weighted by molar-refractivity contribution is -0.182. The normalized spacial score (nSPS) is 39.3. The van der Waals surface area contributed by atoms with E-state index < -0.39 is 17.5 Å². The van der Waals surface area contributed by atoms with E-state index in [1.807, 2.05) is 12.1 Å². The minimum absolute atomic E-state index is 0.0472. The van der Waals surface area contributed by atoms with Crippen molar-refractivity contribution in [3.8, 4) is 5.75 Å². The molecule has 0 N–H and O–H groups in total. The zero-order valence-corrected chi connectivity index (χ0v) is 15.7. The third-order valence-corrected chi connectivity index (χ3v) is 7.33. The van der Waals surface area contributed by atoms with Gasteiger partial charge in [0.15, 0.2) is 0 Å². The van der Waals surface area contributed by atoms with Gasteiger partial charge >= 0.3 is 11.9 Å². The van der Waals surface area contributed by atoms with Crippen molar-refractivity contribution in [1.29, 1.82) is 0 Å². The van der Waals surface area contributed by atoms with Gasteiger partial charge in [0.05, 0.1) is 19.1 Å². The van der Waals surface area contributed by atoms with Crippen LogP contribution >= 0.6 is 0 Å². The summed E-state index contributed by atoms with van der Waals surface area (Å²) in [6.07, 6.45) is 5.94. The van der Waals surface area contributed by atoms with Crippen molar-refractivity contribution in [2.24, 2.45) is 17.3 Å². The van der Waals surface area contributed by atoms with Crippen molar-refractivity contribution in [3.63, 3.8) is 0 Å². The molecule has 5 fully saturated rings. The van der Waals surface area contributed by atoms with E-state index in [1.54, 1.807) is 7.11 Å². The highest BCUT2D eigenvalue weighted by Crippen LogP contribution is 2.66. The maximum atomic E-state index is 13.2. The van der Waals surface area contributed by atoms with Crippen LogP contribution < -0.4 is 4.74 Å². The lowest BCUT2D eigenvalue weighted by Crippen LogP contribution is -2.57. The second kappa shape index (κ2) is 5.98. The number of rotatable bonds is 4. The monoisotopic (exact) mass is 370 g/mol. The number of hydrogen-bond donors (Lipinski definition) is 0. The van der Waals surface area contributed by atoms with Gasteiger partial charge in [0.25, 0.3) is 0 Å². The van der Waals surface area contributed by atoms with E-state index in [0.29, 0.717) is 24.9 Å². The number of carbonyl (C=O) groups excluding carboxylic acids is 2. The Hall–Kier alpha value is -2.04. The first-order valence-corrected chi connectivity index (χ1v) is 10.0. The molecule has 1 aliphatic heterocycles. The minimum atomic E-state index is -0.706. The number of hydrogen-bond acceptors (Lipinski definition) is 5. The Morgan fingerprint density at radius 3 is 2.41 bits per heavy atom. The molecule has 0 amide bonds. The van der Waals surface area contributed by atoms with Crippen LogP contribution in [-0.4, -0.2) is 31.8 Å². The zero-order valence-electron chi connectivity index (χ0n) is 15.7. The van der Waals surface area contributed by atoms with Crippen LogP contribution in [0.4, 0.5) is 0 Å². The molecular formula is C22H26O5. The van der Waals surface area contributed by atoms with Gasteiger partial charge in [-0.15, -0.1) is 0 Å². The molecule has 3 atom stereocenters. The van der Waals surface area contributed by atoms with Crippen molar-refractivity contribution >= 4 is 11.9 Å². The summed E-state index contributed by atoms with van der Waals surface area (Å²) in [7, 11) is 1.68. The molecule has 3 unspecified atom stereocenters. The van der Waals surface area contributed by atoms with Gasteiger partial charge in [-0.1, -0.05) is 12.1 Å². The molecule has 0 aromatic heterocycles. The predicted molar refractivity (Wildman–Crippen MR) is 97.2 cm³/mol. The lowest BCUT2D eigenvalue weighted by Gasteiger charge is -2.61. The van der Waals surface area contributed by atoms with Crippen molar-refractivity contribution in [1.82, 2.24) is 0 Å². The topological polar surface area (TPSA) is 61.8 Å². The Bertz CT molecular complexity index is 753. The Morgan fingerprint density at radius 2 is 1.81 bits per heavy atom. The highest BCUT2D eigenvalue weighted by Gasteiger charge is 2.62. The number of carbonyl (C=O) groups is 2. The summed E-state index contributed by atoms with van der Waals surface area (Å²) in [6, 6.07) is 8.37. The van der Waals surface area contributed by atoms with E-state index in [0.717, 1.165) is 37.9 Å². The standard InChI is InChI=1S/C22H26O5/c1-25-17-4-2-16(3-5-17)21-9-14-8-15(10-21)12-22(11-14,13-21)20(24)27-18-6-7-26-19(18)23/h2-5,14-15,18H,6-13H2,1H3. The van der Waals surface area contributed by atoms with E-state index in [9.17, 15) is 9.59 Å². The Balaban J connectivity index is 1.44. The molecule has 1 saturated heterocycles. The Morgan fingerprint density at radius 1 is 1.11 bits per heavy atom. The number of ether oxygens (including phenoxy) is 3. The average molecular weight is 370 g/mol. The molecule has 1 heterocycles. The molecule has 0 spiro atoms. The first-order valence-electron chi connectivity index (χ1n) is 10.0. The van der Waals surface area contributed by atoms with Crippen molar-refractivity contribution in [2.75, 3.05) is 13.7 Å². The number of esters is 2. The van der Waals surface area contributed by atoms with E-state index in [4.69, 9.17) is 14.2 Å². The fourth-order valence-corrected chi connectivity index (χ4v) is 6.62. The number of methoxy groups -OCH3 is 1. The van der Waals surface area contributed by atoms with Crippen molar-refractivity contribution in [2.45, 2.75) is 56.5 Å². The second-order valence-corrected chi connectivity index (χ2v) is 9.10. The van der Waals surface area contributed by atoms with Gasteiger partial charge < -0.3 is 14.2 Å². The fourth-order valence-electron chi connectivity index (χ4n) is 6.62. The number of cyclic esters (lactones) is 1. The van der Waals surface area contributed by atoms with Crippen molar-refractivity contribution in [3.05, 3.63) is 29.8 Å². The van der Waals surface area contributed by atoms with Gasteiger partial charge in [0.2, 0.25) is 6.10 Å². The van der Waals surface area contributed by atoms with Crippen LogP contribution in [0.1, 0.15) is 50.5 Å². The molecule has 144 valence electrons. The SMILES string of the molecule is COc1ccc(C23CC4CC(CC(C(=O)OC5CCOC5=O)(C4)C2)C3)cc1. The largest absolute Gasteiger partial charge is 0.497 e. The molecule has 6 rings (SSSR count). The smallest absolute Gasteiger partial charge is 0.347 e. The van der Waals surface area contributed by atoms with E-state index in [-0.39, 0.29) is 11.4 Å². The summed E-state index contributed by atoms with van der Waals surface area (Å²) in [5, 5.41) is 0. The molecule has 1 aromatic carbocycles. The third kappa shape index (κ3) is 2.66. The summed E-state index contributed by atoms with van der Waals surface area (Å²) in [5.41, 5.74) is 0.924. The van der Waals surface area contributed by atoms with Gasteiger partial charge in [-0.3, -0.25) is 4.79 Å². The van der Waals surface area contributed by atoms with Gasteiger partial charge in [-0.2, -0.15) is 0 Å². The van der Waals surface area contributed by atoms with Crippen LogP contribution in [0.5, 0.6) is 5.75 Å². The molecule has 5 nitrogen and oxygen atoms in total. The van der Waals surface area contributed by atoms with E-state index >= 15 is 0 Å². The summed E-state index contributed by atoms with van der Waals surface area (Å²) in [4.78, 5) is 25.0. The van der Waals surface area contributed by atoms with Crippen LogP contribution in [0, 0.1) is 17.3 Å². The van der Waals surface area contributed by atoms with Crippen molar-refractivity contribution < 1.29 is 23.8 Å². The first kappa shape index (κ1) is 17.1. The quantitative estimate of drug-likeness (QED) is 0.760. The average Bonchev–Trinajstić information content (AvgIpc) is 3.05. The molecule has 1 aromatic rings. The van der Waals surface area contributed by atoms with Gasteiger partial charge in [-0.05, 0) is 73.5 Å². The van der Waals surface area contributed by atoms with Gasteiger partial charge in [0, 0.05) is 6.42 Å². The van der Waals surface area contributed by atoms with Gasteiger partial charge in [0.1, 0.15) is 5.75 Å². The fraction of sp³-hybridized carbons (Fsp3) is 0.636. The molecule has 0 radical (unpaired) electrons. The van der Waals surface area contributed by atoms with Crippen LogP contribution in [0.15, 0.2) is 24.3 Å². The van der Waals surface area contributed by atoms with Crippen LogP contribution in [-0.2, 0) is 24.5 Å². The first-order chi connectivity index (χ1) is 13.0. The molecule has 5 aliphatic rings. The highest BCUT2D eigenvalue weighted by atomic mass is 16.6. The third-order valence-electron chi connectivity index (χ3n) is 7.33. The number of benzene rings is 1. The van der Waals surface area contributed by atoms with E-state index in [2.05, 4.69) is 12.1 Å². The van der Waals surface area contributed by atoms with Crippen LogP contribution in [0.25, 0.3) is 0 Å². The minimum Gasteiger partial charge on any atom is -0.497 e.